The maximum atomic E-state index is 6.83. The van der Waals surface area contributed by atoms with Crippen molar-refractivity contribution in [1.82, 2.24) is 0 Å². The first-order valence-corrected chi connectivity index (χ1v) is 15.2. The lowest BCUT2D eigenvalue weighted by Gasteiger charge is -2.51. The molecule has 8 rings (SSSR count). The topological polar surface area (TPSA) is 64.6 Å². The summed E-state index contributed by atoms with van der Waals surface area (Å²) in [6, 6.07) is 0. The van der Waals surface area contributed by atoms with Crippen molar-refractivity contribution in [3.05, 3.63) is 0 Å². The van der Waals surface area contributed by atoms with Gasteiger partial charge in [-0.3, -0.25) is 0 Å². The van der Waals surface area contributed by atoms with Gasteiger partial charge in [-0.25, -0.2) is 0 Å². The van der Waals surface area contributed by atoms with Crippen LogP contribution in [-0.4, -0.2) is 68.7 Å². The van der Waals surface area contributed by atoms with E-state index >= 15 is 0 Å². The molecule has 0 radical (unpaired) electrons. The van der Waals surface area contributed by atoms with Gasteiger partial charge < -0.3 is 33.2 Å². The van der Waals surface area contributed by atoms with Crippen molar-refractivity contribution in [2.45, 2.75) is 143 Å². The van der Waals surface area contributed by atoms with Crippen molar-refractivity contribution in [1.29, 1.82) is 0 Å². The summed E-state index contributed by atoms with van der Waals surface area (Å²) in [7, 11) is 0. The van der Waals surface area contributed by atoms with Gasteiger partial charge >= 0.3 is 0 Å². The van der Waals surface area contributed by atoms with E-state index in [1.54, 1.807) is 0 Å². The van der Waals surface area contributed by atoms with Gasteiger partial charge in [-0.1, -0.05) is 62.3 Å². The lowest BCUT2D eigenvalue weighted by Crippen LogP contribution is -2.58. The third-order valence-corrected chi connectivity index (χ3v) is 10.0. The van der Waals surface area contributed by atoms with E-state index in [2.05, 4.69) is 62.3 Å². The Morgan fingerprint density at radius 2 is 0.811 bits per heavy atom. The smallest absolute Gasteiger partial charge is 0.161 e. The van der Waals surface area contributed by atoms with Crippen molar-refractivity contribution in [2.24, 2.45) is 35.5 Å². The lowest BCUT2D eigenvalue weighted by molar-refractivity contribution is -0.349. The van der Waals surface area contributed by atoms with Gasteiger partial charge in [0.05, 0.1) is 43.2 Å². The highest BCUT2D eigenvalue weighted by Gasteiger charge is 2.50. The SMILES string of the molecule is CCC1O[C@H]2O[C@@H]3C(CC)O[C@@H](O[C@@H]4C(CC)O[C@H](OCCCO[C@H]1[C@H](C)C2C)C(C)[C@H]4C)C(C)[C@H]3C. The molecule has 0 amide bonds. The minimum Gasteiger partial charge on any atom is -0.375 e. The number of rotatable bonds is 3. The van der Waals surface area contributed by atoms with E-state index in [4.69, 9.17) is 33.2 Å². The Morgan fingerprint density at radius 3 is 1.30 bits per heavy atom. The fourth-order valence-electron chi connectivity index (χ4n) is 6.74. The number of ether oxygens (including phenoxy) is 7. The highest BCUT2D eigenvalue weighted by molar-refractivity contribution is 4.92. The lowest BCUT2D eigenvalue weighted by atomic mass is 9.81. The Morgan fingerprint density at radius 1 is 0.432 bits per heavy atom. The number of hydrogen-bond donors (Lipinski definition) is 0. The molecule has 0 saturated carbocycles. The average Bonchev–Trinajstić information content (AvgIpc) is 2.90. The van der Waals surface area contributed by atoms with E-state index in [9.17, 15) is 0 Å². The standard InChI is InChI=1S/C30H54O7/c1-10-22-25-16(4)20(8)29(34-22)37-27-18(6)21(9)30(35-24(27)12-3)36-26-17(5)19(7)28(33-23(26)11-2)32-15-13-14-31-25/h16-30H,10-15H2,1-9H3/t16-,17-,18-,19?,20?,21?,22?,23?,24?,25+,26+,27+,28+,29+,30+/m1/s1. The maximum absolute atomic E-state index is 6.83. The summed E-state index contributed by atoms with van der Waals surface area (Å²) in [6.07, 6.45) is 2.58. The molecule has 216 valence electrons. The van der Waals surface area contributed by atoms with Crippen LogP contribution < -0.4 is 0 Å². The van der Waals surface area contributed by atoms with Crippen LogP contribution >= 0.6 is 0 Å². The molecule has 0 aromatic heterocycles. The van der Waals surface area contributed by atoms with Gasteiger partial charge in [-0.05, 0) is 43.4 Å². The fraction of sp³-hybridized carbons (Fsp3) is 1.00. The van der Waals surface area contributed by atoms with Crippen LogP contribution in [-0.2, 0) is 33.2 Å². The van der Waals surface area contributed by atoms with E-state index in [0.29, 0.717) is 25.0 Å². The molecule has 0 aliphatic carbocycles. The van der Waals surface area contributed by atoms with Crippen LogP contribution in [0.15, 0.2) is 0 Å². The summed E-state index contributed by atoms with van der Waals surface area (Å²) >= 11 is 0. The van der Waals surface area contributed by atoms with E-state index in [-0.39, 0.29) is 79.2 Å². The van der Waals surface area contributed by atoms with Crippen LogP contribution in [0, 0.1) is 35.5 Å². The highest BCUT2D eigenvalue weighted by Crippen LogP contribution is 2.42. The molecule has 7 nitrogen and oxygen atoms in total. The third kappa shape index (κ3) is 6.08. The number of fused-ring (bicyclic) bond motifs is 1. The minimum absolute atomic E-state index is 0.0118. The Balaban J connectivity index is 1.62. The Labute approximate surface area is 225 Å². The molecule has 37 heavy (non-hydrogen) atoms. The first kappa shape index (κ1) is 29.7. The summed E-state index contributed by atoms with van der Waals surface area (Å²) in [6.45, 7) is 21.3. The molecule has 8 saturated heterocycles. The average molecular weight is 527 g/mol. The first-order chi connectivity index (χ1) is 17.7. The summed E-state index contributed by atoms with van der Waals surface area (Å²) in [5, 5.41) is 0. The Hall–Kier alpha value is -0.280. The normalized spacial score (nSPS) is 52.0. The zero-order valence-electron chi connectivity index (χ0n) is 24.8. The second kappa shape index (κ2) is 12.9. The van der Waals surface area contributed by atoms with Crippen LogP contribution in [0.1, 0.15) is 88.0 Å². The van der Waals surface area contributed by atoms with Crippen molar-refractivity contribution in [2.75, 3.05) is 13.2 Å². The zero-order chi connectivity index (χ0) is 26.9. The molecule has 6 unspecified atom stereocenters. The van der Waals surface area contributed by atoms with Gasteiger partial charge in [0.1, 0.15) is 0 Å². The van der Waals surface area contributed by atoms with Crippen molar-refractivity contribution < 1.29 is 33.2 Å². The summed E-state index contributed by atoms with van der Waals surface area (Å²) in [4.78, 5) is 0. The van der Waals surface area contributed by atoms with Crippen LogP contribution in [0.5, 0.6) is 0 Å². The van der Waals surface area contributed by atoms with Crippen molar-refractivity contribution in [3.63, 3.8) is 0 Å². The van der Waals surface area contributed by atoms with Crippen LogP contribution in [0.4, 0.5) is 0 Å². The zero-order valence-corrected chi connectivity index (χ0v) is 24.8. The van der Waals surface area contributed by atoms with Gasteiger partial charge in [0.15, 0.2) is 18.9 Å². The Kier molecular flexibility index (Phi) is 10.4. The van der Waals surface area contributed by atoms with Gasteiger partial charge in [0.25, 0.3) is 0 Å². The molecule has 0 N–H and O–H groups in total. The second-order valence-electron chi connectivity index (χ2n) is 12.3. The van der Waals surface area contributed by atoms with Crippen LogP contribution in [0.2, 0.25) is 0 Å². The molecule has 6 bridgehead atoms. The summed E-state index contributed by atoms with van der Waals surface area (Å²) < 4.78 is 46.1. The molecule has 8 heterocycles. The quantitative estimate of drug-likeness (QED) is 0.462. The van der Waals surface area contributed by atoms with Crippen LogP contribution in [0.25, 0.3) is 0 Å². The molecule has 0 aromatic carbocycles. The van der Waals surface area contributed by atoms with Crippen molar-refractivity contribution in [3.8, 4) is 0 Å². The van der Waals surface area contributed by atoms with Gasteiger partial charge in [0.2, 0.25) is 0 Å². The predicted molar refractivity (Wildman–Crippen MR) is 142 cm³/mol. The fourth-order valence-corrected chi connectivity index (χ4v) is 6.74. The van der Waals surface area contributed by atoms with E-state index in [1.807, 2.05) is 0 Å². The predicted octanol–water partition coefficient (Wildman–Crippen LogP) is 5.78. The monoisotopic (exact) mass is 526 g/mol. The van der Waals surface area contributed by atoms with E-state index < -0.39 is 0 Å². The second-order valence-corrected chi connectivity index (χ2v) is 12.3. The third-order valence-electron chi connectivity index (χ3n) is 10.0. The van der Waals surface area contributed by atoms with E-state index in [0.717, 1.165) is 25.7 Å². The van der Waals surface area contributed by atoms with Gasteiger partial charge in [0, 0.05) is 24.4 Å². The largest absolute Gasteiger partial charge is 0.375 e. The molecule has 0 aromatic rings. The molecule has 15 atom stereocenters. The molecule has 8 aliphatic heterocycles. The first-order valence-electron chi connectivity index (χ1n) is 15.2. The van der Waals surface area contributed by atoms with Crippen molar-refractivity contribution >= 4 is 0 Å². The molecule has 7 heteroatoms. The molecule has 0 spiro atoms. The maximum Gasteiger partial charge on any atom is 0.161 e. The minimum atomic E-state index is -0.290. The van der Waals surface area contributed by atoms with E-state index in [1.165, 1.54) is 0 Å². The molecule has 8 fully saturated rings. The molecular formula is C30H54O7. The van der Waals surface area contributed by atoms with Gasteiger partial charge in [-0.2, -0.15) is 0 Å². The number of hydrogen-bond acceptors (Lipinski definition) is 7. The Bertz CT molecular complexity index is 699. The summed E-state index contributed by atoms with van der Waals surface area (Å²) in [5.74, 6) is 1.50. The molecular weight excluding hydrogens is 472 g/mol. The van der Waals surface area contributed by atoms with Gasteiger partial charge in [-0.15, -0.1) is 0 Å². The molecule has 8 aliphatic rings. The van der Waals surface area contributed by atoms with Crippen LogP contribution in [0.3, 0.4) is 0 Å². The summed E-state index contributed by atoms with van der Waals surface area (Å²) in [5.41, 5.74) is 0. The highest BCUT2D eigenvalue weighted by atomic mass is 16.7.